The largest absolute Gasteiger partial charge is 0.456 e. The number of fused-ring (bicyclic) bond motifs is 1. The van der Waals surface area contributed by atoms with E-state index >= 15 is 0 Å². The van der Waals surface area contributed by atoms with Gasteiger partial charge in [-0.2, -0.15) is 4.98 Å². The van der Waals surface area contributed by atoms with Crippen molar-refractivity contribution in [3.05, 3.63) is 58.9 Å². The highest BCUT2D eigenvalue weighted by Crippen LogP contribution is 2.38. The number of nitrogens with zero attached hydrogens (tertiary/aromatic N) is 2. The molecule has 1 aliphatic rings. The molecule has 0 fully saturated rings. The Hall–Kier alpha value is -2.84. The highest BCUT2D eigenvalue weighted by Gasteiger charge is 2.30. The van der Waals surface area contributed by atoms with E-state index in [1.54, 1.807) is 12.1 Å². The van der Waals surface area contributed by atoms with Crippen molar-refractivity contribution >= 4 is 40.9 Å². The molecule has 0 radical (unpaired) electrons. The Balaban J connectivity index is 1.32. The third-order valence-corrected chi connectivity index (χ3v) is 6.28. The number of thioether (sulfide) groups is 1. The van der Waals surface area contributed by atoms with Crippen LogP contribution in [0.15, 0.2) is 51.9 Å². The normalized spacial score (nSPS) is 15.5. The van der Waals surface area contributed by atoms with Gasteiger partial charge in [-0.05, 0) is 29.7 Å². The van der Waals surface area contributed by atoms with E-state index in [0.717, 1.165) is 10.5 Å². The summed E-state index contributed by atoms with van der Waals surface area (Å²) in [5, 5.41) is 6.66. The van der Waals surface area contributed by atoms with Crippen molar-refractivity contribution in [2.75, 3.05) is 5.32 Å². The van der Waals surface area contributed by atoms with Gasteiger partial charge in [0.1, 0.15) is 0 Å². The monoisotopic (exact) mass is 457 g/mol. The number of halogens is 1. The summed E-state index contributed by atoms with van der Waals surface area (Å²) in [6.45, 7) is 4.10. The summed E-state index contributed by atoms with van der Waals surface area (Å²) >= 11 is 7.26. The number of carbonyl (C=O) groups excluding carboxylic acids is 2. The van der Waals surface area contributed by atoms with Gasteiger partial charge in [-0.25, -0.2) is 0 Å². The lowest BCUT2D eigenvalue weighted by Crippen LogP contribution is -2.31. The van der Waals surface area contributed by atoms with E-state index in [4.69, 9.17) is 20.9 Å². The Morgan fingerprint density at radius 3 is 2.77 bits per heavy atom. The summed E-state index contributed by atoms with van der Waals surface area (Å²) in [6.07, 6.45) is -0.0732. The minimum atomic E-state index is -0.584. The standard InChI is InChI=1S/C22H20ClN3O4S/c1-12(2)13-3-5-14(6-4-13)21-25-19(30-26-21)11-29-20(27)10-18-22(28)24-16-9-15(23)7-8-17(16)31-18/h3-9,12,18H,10-11H2,1-2H3,(H,24,28). The summed E-state index contributed by atoms with van der Waals surface area (Å²) in [4.78, 5) is 29.7. The quantitative estimate of drug-likeness (QED) is 0.517. The van der Waals surface area contributed by atoms with Gasteiger partial charge < -0.3 is 14.6 Å². The smallest absolute Gasteiger partial charge is 0.307 e. The lowest BCUT2D eigenvalue weighted by Gasteiger charge is -2.23. The van der Waals surface area contributed by atoms with Crippen LogP contribution in [0.2, 0.25) is 5.02 Å². The molecule has 4 rings (SSSR count). The fourth-order valence-electron chi connectivity index (χ4n) is 3.06. The van der Waals surface area contributed by atoms with Crippen LogP contribution in [0, 0.1) is 0 Å². The maximum Gasteiger partial charge on any atom is 0.307 e. The first-order valence-electron chi connectivity index (χ1n) is 9.74. The first kappa shape index (κ1) is 21.4. The van der Waals surface area contributed by atoms with Gasteiger partial charge >= 0.3 is 5.97 Å². The minimum absolute atomic E-state index is 0.0732. The molecule has 1 unspecified atom stereocenters. The molecule has 9 heteroatoms. The number of hydrogen-bond acceptors (Lipinski definition) is 7. The van der Waals surface area contributed by atoms with E-state index in [2.05, 4.69) is 29.3 Å². The lowest BCUT2D eigenvalue weighted by atomic mass is 10.0. The van der Waals surface area contributed by atoms with E-state index < -0.39 is 11.2 Å². The molecule has 1 aromatic heterocycles. The zero-order chi connectivity index (χ0) is 22.0. The van der Waals surface area contributed by atoms with Crippen molar-refractivity contribution in [3.63, 3.8) is 0 Å². The fraction of sp³-hybridized carbons (Fsp3) is 0.273. The molecule has 3 aromatic rings. The van der Waals surface area contributed by atoms with Crippen molar-refractivity contribution in [3.8, 4) is 11.4 Å². The summed E-state index contributed by atoms with van der Waals surface area (Å²) in [7, 11) is 0. The molecule has 0 saturated carbocycles. The van der Waals surface area contributed by atoms with Gasteiger partial charge in [0, 0.05) is 15.5 Å². The number of anilines is 1. The summed E-state index contributed by atoms with van der Waals surface area (Å²) in [6, 6.07) is 13.1. The van der Waals surface area contributed by atoms with Crippen LogP contribution in [0.4, 0.5) is 5.69 Å². The number of nitrogens with one attached hydrogen (secondary N) is 1. The number of amides is 1. The Bertz CT molecular complexity index is 1110. The van der Waals surface area contributed by atoms with Gasteiger partial charge in [-0.3, -0.25) is 9.59 Å². The summed E-state index contributed by atoms with van der Waals surface area (Å²) in [5.41, 5.74) is 2.68. The highest BCUT2D eigenvalue weighted by atomic mass is 35.5. The molecule has 2 aromatic carbocycles. The number of esters is 1. The maximum atomic E-state index is 12.3. The van der Waals surface area contributed by atoms with E-state index in [9.17, 15) is 9.59 Å². The molecular weight excluding hydrogens is 438 g/mol. The van der Waals surface area contributed by atoms with Gasteiger partial charge in [0.25, 0.3) is 5.89 Å². The Morgan fingerprint density at radius 2 is 2.03 bits per heavy atom. The highest BCUT2D eigenvalue weighted by molar-refractivity contribution is 8.01. The summed E-state index contributed by atoms with van der Waals surface area (Å²) < 4.78 is 10.4. The molecule has 1 N–H and O–H groups in total. The maximum absolute atomic E-state index is 12.3. The molecule has 2 heterocycles. The zero-order valence-electron chi connectivity index (χ0n) is 16.9. The number of rotatable bonds is 6. The van der Waals surface area contributed by atoms with Crippen LogP contribution in [0.25, 0.3) is 11.4 Å². The van der Waals surface area contributed by atoms with Crippen LogP contribution in [0.1, 0.15) is 37.6 Å². The fourth-order valence-corrected chi connectivity index (χ4v) is 4.30. The van der Waals surface area contributed by atoms with Gasteiger partial charge in [-0.15, -0.1) is 11.8 Å². The molecule has 7 nitrogen and oxygen atoms in total. The first-order valence-corrected chi connectivity index (χ1v) is 11.0. The predicted molar refractivity (Wildman–Crippen MR) is 118 cm³/mol. The van der Waals surface area contributed by atoms with Gasteiger partial charge in [0.05, 0.1) is 17.4 Å². The van der Waals surface area contributed by atoms with Gasteiger partial charge in [0.15, 0.2) is 6.61 Å². The third-order valence-electron chi connectivity index (χ3n) is 4.77. The molecule has 0 spiro atoms. The lowest BCUT2D eigenvalue weighted by molar-refractivity contribution is -0.146. The molecule has 160 valence electrons. The van der Waals surface area contributed by atoms with Crippen LogP contribution in [-0.4, -0.2) is 27.3 Å². The molecule has 0 bridgehead atoms. The molecule has 31 heavy (non-hydrogen) atoms. The topological polar surface area (TPSA) is 94.3 Å². The molecule has 0 aliphatic carbocycles. The van der Waals surface area contributed by atoms with Crippen molar-refractivity contribution in [1.82, 2.24) is 10.1 Å². The first-order chi connectivity index (χ1) is 14.9. The number of carbonyl (C=O) groups is 2. The molecular formula is C22H20ClN3O4S. The molecule has 1 aliphatic heterocycles. The molecule has 0 saturated heterocycles. The minimum Gasteiger partial charge on any atom is -0.456 e. The van der Waals surface area contributed by atoms with E-state index in [0.29, 0.717) is 22.5 Å². The van der Waals surface area contributed by atoms with Crippen LogP contribution in [0.3, 0.4) is 0 Å². The van der Waals surface area contributed by atoms with E-state index in [1.165, 1.54) is 17.3 Å². The van der Waals surface area contributed by atoms with Crippen molar-refractivity contribution in [1.29, 1.82) is 0 Å². The zero-order valence-corrected chi connectivity index (χ0v) is 18.5. The van der Waals surface area contributed by atoms with Crippen LogP contribution in [0.5, 0.6) is 0 Å². The van der Waals surface area contributed by atoms with E-state index in [-0.39, 0.29) is 24.8 Å². The molecule has 1 atom stereocenters. The van der Waals surface area contributed by atoms with Crippen LogP contribution in [-0.2, 0) is 20.9 Å². The Morgan fingerprint density at radius 1 is 1.26 bits per heavy atom. The number of ether oxygens (including phenoxy) is 1. The van der Waals surface area contributed by atoms with Gasteiger partial charge in [-0.1, -0.05) is 54.9 Å². The summed E-state index contributed by atoms with van der Waals surface area (Å²) in [5.74, 6) is 0.272. The second-order valence-electron chi connectivity index (χ2n) is 7.39. The van der Waals surface area contributed by atoms with Crippen molar-refractivity contribution < 1.29 is 18.8 Å². The van der Waals surface area contributed by atoms with Crippen LogP contribution >= 0.6 is 23.4 Å². The average Bonchev–Trinajstić information content (AvgIpc) is 3.22. The SMILES string of the molecule is CC(C)c1ccc(-c2noc(COC(=O)CC3Sc4ccc(Cl)cc4NC3=O)n2)cc1. The number of benzene rings is 2. The third kappa shape index (κ3) is 5.08. The number of hydrogen-bond donors (Lipinski definition) is 1. The van der Waals surface area contributed by atoms with Crippen molar-refractivity contribution in [2.24, 2.45) is 0 Å². The second kappa shape index (κ2) is 9.11. The average molecular weight is 458 g/mol. The Labute approximate surface area is 188 Å². The van der Waals surface area contributed by atoms with Crippen LogP contribution < -0.4 is 5.32 Å². The van der Waals surface area contributed by atoms with Gasteiger partial charge in [0.2, 0.25) is 11.7 Å². The number of aromatic nitrogens is 2. The second-order valence-corrected chi connectivity index (χ2v) is 9.07. The van der Waals surface area contributed by atoms with Crippen molar-refractivity contribution in [2.45, 2.75) is 42.9 Å². The predicted octanol–water partition coefficient (Wildman–Crippen LogP) is 5.06. The molecule has 1 amide bonds. The Kier molecular flexibility index (Phi) is 6.29. The van der Waals surface area contributed by atoms with E-state index in [1.807, 2.05) is 30.3 Å².